The van der Waals surface area contributed by atoms with Crippen LogP contribution in [0.2, 0.25) is 0 Å². The van der Waals surface area contributed by atoms with Crippen LogP contribution in [0.3, 0.4) is 0 Å². The standard InChI is InChI=1S/C14H17N5O2/c1-19(2)13-5-6-15-12(17-13)8-16-14(20)10-7-11(21-18-10)9-3-4-9/h5-7,9H,3-4,8H2,1-2H3,(H,16,20). The molecule has 2 heterocycles. The Balaban J connectivity index is 1.60. The van der Waals surface area contributed by atoms with Crippen LogP contribution >= 0.6 is 0 Å². The minimum atomic E-state index is -0.274. The number of hydrogen-bond donors (Lipinski definition) is 1. The molecule has 7 heteroatoms. The number of hydrogen-bond acceptors (Lipinski definition) is 6. The van der Waals surface area contributed by atoms with Crippen molar-refractivity contribution >= 4 is 11.7 Å². The Morgan fingerprint density at radius 3 is 3.00 bits per heavy atom. The molecule has 1 aliphatic rings. The molecule has 0 atom stereocenters. The lowest BCUT2D eigenvalue weighted by molar-refractivity contribution is 0.0940. The lowest BCUT2D eigenvalue weighted by Crippen LogP contribution is -2.24. The highest BCUT2D eigenvalue weighted by Crippen LogP contribution is 2.40. The van der Waals surface area contributed by atoms with Crippen molar-refractivity contribution in [2.45, 2.75) is 25.3 Å². The summed E-state index contributed by atoms with van der Waals surface area (Å²) in [5.74, 6) is 2.32. The number of anilines is 1. The molecule has 110 valence electrons. The van der Waals surface area contributed by atoms with Crippen LogP contribution in [0.5, 0.6) is 0 Å². The van der Waals surface area contributed by atoms with Gasteiger partial charge in [0.15, 0.2) is 5.69 Å². The highest BCUT2D eigenvalue weighted by Gasteiger charge is 2.28. The lowest BCUT2D eigenvalue weighted by Gasteiger charge is -2.11. The summed E-state index contributed by atoms with van der Waals surface area (Å²) in [6.07, 6.45) is 3.90. The van der Waals surface area contributed by atoms with E-state index in [1.54, 1.807) is 12.3 Å². The predicted molar refractivity (Wildman–Crippen MR) is 76.0 cm³/mol. The first-order valence-electron chi connectivity index (χ1n) is 6.87. The number of aromatic nitrogens is 3. The van der Waals surface area contributed by atoms with Crippen molar-refractivity contribution in [1.82, 2.24) is 20.4 Å². The normalized spacial score (nSPS) is 14.0. The van der Waals surface area contributed by atoms with Crippen molar-refractivity contribution in [3.8, 4) is 0 Å². The van der Waals surface area contributed by atoms with E-state index in [4.69, 9.17) is 4.52 Å². The molecule has 2 aromatic heterocycles. The third kappa shape index (κ3) is 3.18. The molecule has 0 radical (unpaired) electrons. The molecular weight excluding hydrogens is 270 g/mol. The summed E-state index contributed by atoms with van der Waals surface area (Å²) >= 11 is 0. The second-order valence-electron chi connectivity index (χ2n) is 5.30. The van der Waals surface area contributed by atoms with E-state index in [9.17, 15) is 4.79 Å². The molecule has 0 aromatic carbocycles. The van der Waals surface area contributed by atoms with E-state index in [0.717, 1.165) is 24.4 Å². The average molecular weight is 287 g/mol. The molecule has 0 bridgehead atoms. The number of rotatable bonds is 5. The summed E-state index contributed by atoms with van der Waals surface area (Å²) in [4.78, 5) is 22.3. The predicted octanol–water partition coefficient (Wildman–Crippen LogP) is 1.34. The molecule has 1 amide bonds. The summed E-state index contributed by atoms with van der Waals surface area (Å²) in [5.41, 5.74) is 0.306. The van der Waals surface area contributed by atoms with Crippen molar-refractivity contribution in [2.75, 3.05) is 19.0 Å². The van der Waals surface area contributed by atoms with E-state index >= 15 is 0 Å². The number of carbonyl (C=O) groups excluding carboxylic acids is 1. The molecule has 3 rings (SSSR count). The Labute approximate surface area is 122 Å². The maximum Gasteiger partial charge on any atom is 0.273 e. The highest BCUT2D eigenvalue weighted by atomic mass is 16.5. The van der Waals surface area contributed by atoms with Gasteiger partial charge in [-0.25, -0.2) is 9.97 Å². The van der Waals surface area contributed by atoms with Crippen LogP contribution in [0.25, 0.3) is 0 Å². The van der Waals surface area contributed by atoms with Gasteiger partial charge in [0.05, 0.1) is 6.54 Å². The van der Waals surface area contributed by atoms with Gasteiger partial charge in [-0.3, -0.25) is 4.79 Å². The molecule has 1 saturated carbocycles. The summed E-state index contributed by atoms with van der Waals surface area (Å²) in [6.45, 7) is 0.256. The van der Waals surface area contributed by atoms with Gasteiger partial charge in [-0.1, -0.05) is 5.16 Å². The quantitative estimate of drug-likeness (QED) is 0.893. The molecule has 1 aliphatic carbocycles. The molecule has 0 spiro atoms. The zero-order valence-electron chi connectivity index (χ0n) is 12.0. The minimum absolute atomic E-state index is 0.256. The summed E-state index contributed by atoms with van der Waals surface area (Å²) in [5, 5.41) is 6.55. The van der Waals surface area contributed by atoms with Gasteiger partial charge in [-0.15, -0.1) is 0 Å². The first-order chi connectivity index (χ1) is 10.1. The molecule has 0 unspecified atom stereocenters. The zero-order valence-corrected chi connectivity index (χ0v) is 12.0. The number of carbonyl (C=O) groups is 1. The Morgan fingerprint density at radius 1 is 1.48 bits per heavy atom. The number of amides is 1. The van der Waals surface area contributed by atoms with Crippen LogP contribution in [-0.2, 0) is 6.54 Å². The van der Waals surface area contributed by atoms with E-state index in [0.29, 0.717) is 17.4 Å². The van der Waals surface area contributed by atoms with Gasteiger partial charge in [0.25, 0.3) is 5.91 Å². The maximum absolute atomic E-state index is 12.0. The molecule has 7 nitrogen and oxygen atoms in total. The van der Waals surface area contributed by atoms with E-state index in [1.165, 1.54) is 0 Å². The van der Waals surface area contributed by atoms with Crippen LogP contribution in [-0.4, -0.2) is 35.1 Å². The van der Waals surface area contributed by atoms with Crippen molar-refractivity contribution < 1.29 is 9.32 Å². The summed E-state index contributed by atoms with van der Waals surface area (Å²) in [7, 11) is 3.80. The van der Waals surface area contributed by atoms with Crippen LogP contribution in [0.4, 0.5) is 5.82 Å². The van der Waals surface area contributed by atoms with Crippen LogP contribution in [0.1, 0.15) is 40.8 Å². The average Bonchev–Trinajstić information content (AvgIpc) is 3.22. The SMILES string of the molecule is CN(C)c1ccnc(CNC(=O)c2cc(C3CC3)on2)n1. The van der Waals surface area contributed by atoms with Gasteiger partial charge >= 0.3 is 0 Å². The van der Waals surface area contributed by atoms with Crippen molar-refractivity contribution in [2.24, 2.45) is 0 Å². The fourth-order valence-electron chi connectivity index (χ4n) is 1.93. The van der Waals surface area contributed by atoms with E-state index in [-0.39, 0.29) is 12.5 Å². The molecule has 0 saturated heterocycles. The first kappa shape index (κ1) is 13.5. The maximum atomic E-state index is 12.0. The van der Waals surface area contributed by atoms with Crippen molar-refractivity contribution in [3.63, 3.8) is 0 Å². The van der Waals surface area contributed by atoms with Crippen LogP contribution < -0.4 is 10.2 Å². The second kappa shape index (κ2) is 5.51. The topological polar surface area (TPSA) is 84.2 Å². The molecular formula is C14H17N5O2. The smallest absolute Gasteiger partial charge is 0.273 e. The number of nitrogens with one attached hydrogen (secondary N) is 1. The zero-order chi connectivity index (χ0) is 14.8. The Hall–Kier alpha value is -2.44. The first-order valence-corrected chi connectivity index (χ1v) is 6.87. The van der Waals surface area contributed by atoms with Gasteiger partial charge in [0, 0.05) is 32.3 Å². The van der Waals surface area contributed by atoms with Gasteiger partial charge < -0.3 is 14.7 Å². The Morgan fingerprint density at radius 2 is 2.29 bits per heavy atom. The van der Waals surface area contributed by atoms with E-state index < -0.39 is 0 Å². The third-order valence-electron chi connectivity index (χ3n) is 3.30. The van der Waals surface area contributed by atoms with Gasteiger partial charge in [-0.2, -0.15) is 0 Å². The molecule has 1 fully saturated rings. The number of nitrogens with zero attached hydrogens (tertiary/aromatic N) is 4. The van der Waals surface area contributed by atoms with E-state index in [1.807, 2.05) is 25.1 Å². The second-order valence-corrected chi connectivity index (χ2v) is 5.30. The lowest BCUT2D eigenvalue weighted by atomic mass is 10.3. The van der Waals surface area contributed by atoms with Gasteiger partial charge in [0.1, 0.15) is 17.4 Å². The van der Waals surface area contributed by atoms with Crippen LogP contribution in [0.15, 0.2) is 22.9 Å². The monoisotopic (exact) mass is 287 g/mol. The van der Waals surface area contributed by atoms with Crippen LogP contribution in [0, 0.1) is 0 Å². The van der Waals surface area contributed by atoms with Crippen molar-refractivity contribution in [1.29, 1.82) is 0 Å². The van der Waals surface area contributed by atoms with E-state index in [2.05, 4.69) is 20.4 Å². The molecule has 1 N–H and O–H groups in total. The summed E-state index contributed by atoms with van der Waals surface area (Å²) < 4.78 is 5.16. The Bertz CT molecular complexity index is 648. The largest absolute Gasteiger partial charge is 0.363 e. The Kier molecular flexibility index (Phi) is 3.55. The van der Waals surface area contributed by atoms with Gasteiger partial charge in [-0.05, 0) is 18.9 Å². The third-order valence-corrected chi connectivity index (χ3v) is 3.30. The molecule has 21 heavy (non-hydrogen) atoms. The van der Waals surface area contributed by atoms with Crippen molar-refractivity contribution in [3.05, 3.63) is 35.6 Å². The molecule has 2 aromatic rings. The fourth-order valence-corrected chi connectivity index (χ4v) is 1.93. The fraction of sp³-hybridized carbons (Fsp3) is 0.429. The molecule has 0 aliphatic heterocycles. The minimum Gasteiger partial charge on any atom is -0.363 e. The summed E-state index contributed by atoms with van der Waals surface area (Å²) in [6, 6.07) is 3.52. The van der Waals surface area contributed by atoms with Gasteiger partial charge in [0.2, 0.25) is 0 Å². The highest BCUT2D eigenvalue weighted by molar-refractivity contribution is 5.92.